The highest BCUT2D eigenvalue weighted by Gasteiger charge is 2.12. The zero-order chi connectivity index (χ0) is 14.1. The van der Waals surface area contributed by atoms with Crippen LogP contribution in [0, 0.1) is 13.8 Å². The van der Waals surface area contributed by atoms with Crippen molar-refractivity contribution in [2.24, 2.45) is 0 Å². The first-order valence-corrected chi connectivity index (χ1v) is 6.61. The van der Waals surface area contributed by atoms with Gasteiger partial charge in [0.25, 0.3) is 5.56 Å². The zero-order valence-corrected chi connectivity index (χ0v) is 11.6. The number of benzene rings is 2. The molecule has 0 aliphatic carbocycles. The Kier molecular flexibility index (Phi) is 3.03. The molecule has 0 fully saturated rings. The summed E-state index contributed by atoms with van der Waals surface area (Å²) in [6.45, 7) is 4.01. The molecule has 100 valence electrons. The predicted molar refractivity (Wildman–Crippen MR) is 81.3 cm³/mol. The van der Waals surface area contributed by atoms with Crippen LogP contribution in [0.15, 0.2) is 59.5 Å². The predicted octanol–water partition coefficient (Wildman–Crippen LogP) is 3.45. The third-order valence-electron chi connectivity index (χ3n) is 3.56. The van der Waals surface area contributed by atoms with E-state index in [4.69, 9.17) is 0 Å². The van der Waals surface area contributed by atoms with Gasteiger partial charge in [-0.3, -0.25) is 9.89 Å². The van der Waals surface area contributed by atoms with E-state index in [1.807, 2.05) is 62.4 Å². The lowest BCUT2D eigenvalue weighted by Gasteiger charge is -2.05. The molecule has 2 aromatic carbocycles. The Labute approximate surface area is 117 Å². The smallest absolute Gasteiger partial charge is 0.279 e. The summed E-state index contributed by atoms with van der Waals surface area (Å²) in [6, 6.07) is 15.8. The fraction of sp³-hybridized carbons (Fsp3) is 0.118. The Morgan fingerprint density at radius 2 is 1.50 bits per heavy atom. The van der Waals surface area contributed by atoms with Gasteiger partial charge in [-0.05, 0) is 36.6 Å². The van der Waals surface area contributed by atoms with E-state index in [0.29, 0.717) is 5.56 Å². The maximum Gasteiger partial charge on any atom is 0.279 e. The van der Waals surface area contributed by atoms with Crippen LogP contribution in [0.1, 0.15) is 11.1 Å². The van der Waals surface area contributed by atoms with Crippen molar-refractivity contribution in [1.29, 1.82) is 0 Å². The average Bonchev–Trinajstić information content (AvgIpc) is 2.82. The van der Waals surface area contributed by atoms with Crippen LogP contribution in [0.25, 0.3) is 16.8 Å². The molecule has 0 spiro atoms. The number of nitrogens with zero attached hydrogens (tertiary/aromatic N) is 1. The van der Waals surface area contributed by atoms with Crippen LogP contribution < -0.4 is 5.56 Å². The first kappa shape index (κ1) is 12.5. The molecule has 0 saturated carbocycles. The highest BCUT2D eigenvalue weighted by atomic mass is 16.1. The average molecular weight is 264 g/mol. The number of hydrogen-bond donors (Lipinski definition) is 1. The highest BCUT2D eigenvalue weighted by molar-refractivity contribution is 5.66. The van der Waals surface area contributed by atoms with Crippen LogP contribution in [0.4, 0.5) is 0 Å². The molecule has 1 heterocycles. The number of para-hydroxylation sites is 1. The molecule has 0 amide bonds. The molecule has 0 atom stereocenters. The second-order valence-corrected chi connectivity index (χ2v) is 4.93. The van der Waals surface area contributed by atoms with E-state index in [1.54, 1.807) is 10.9 Å². The summed E-state index contributed by atoms with van der Waals surface area (Å²) in [5.74, 6) is 0. The van der Waals surface area contributed by atoms with Gasteiger partial charge in [0, 0.05) is 6.20 Å². The molecule has 3 heteroatoms. The van der Waals surface area contributed by atoms with E-state index in [1.165, 1.54) is 0 Å². The number of aromatic amines is 1. The first-order valence-electron chi connectivity index (χ1n) is 6.61. The van der Waals surface area contributed by atoms with Gasteiger partial charge in [-0.25, -0.2) is 4.68 Å². The molecule has 0 aliphatic heterocycles. The summed E-state index contributed by atoms with van der Waals surface area (Å²) >= 11 is 0. The Hall–Kier alpha value is -2.55. The molecule has 3 nitrogen and oxygen atoms in total. The van der Waals surface area contributed by atoms with Gasteiger partial charge in [-0.15, -0.1) is 0 Å². The fourth-order valence-corrected chi connectivity index (χ4v) is 2.43. The van der Waals surface area contributed by atoms with Crippen LogP contribution >= 0.6 is 0 Å². The minimum Gasteiger partial charge on any atom is -0.298 e. The Morgan fingerprint density at radius 1 is 0.850 bits per heavy atom. The maximum atomic E-state index is 12.6. The van der Waals surface area contributed by atoms with Crippen molar-refractivity contribution >= 4 is 0 Å². The van der Waals surface area contributed by atoms with Gasteiger partial charge in [-0.1, -0.05) is 42.5 Å². The van der Waals surface area contributed by atoms with Crippen molar-refractivity contribution in [3.8, 4) is 16.8 Å². The third-order valence-corrected chi connectivity index (χ3v) is 3.56. The topological polar surface area (TPSA) is 37.8 Å². The van der Waals surface area contributed by atoms with Crippen LogP contribution in [-0.4, -0.2) is 9.78 Å². The molecule has 0 bridgehead atoms. The number of aryl methyl sites for hydroxylation is 2. The molecular weight excluding hydrogens is 248 g/mol. The molecule has 0 unspecified atom stereocenters. The van der Waals surface area contributed by atoms with E-state index < -0.39 is 0 Å². The van der Waals surface area contributed by atoms with Gasteiger partial charge in [0.15, 0.2) is 0 Å². The molecule has 20 heavy (non-hydrogen) atoms. The lowest BCUT2D eigenvalue weighted by Crippen LogP contribution is -2.16. The van der Waals surface area contributed by atoms with Crippen molar-refractivity contribution in [2.45, 2.75) is 13.8 Å². The van der Waals surface area contributed by atoms with Crippen molar-refractivity contribution in [1.82, 2.24) is 9.78 Å². The summed E-state index contributed by atoms with van der Waals surface area (Å²) in [4.78, 5) is 12.6. The van der Waals surface area contributed by atoms with Gasteiger partial charge in [0.05, 0.1) is 11.3 Å². The van der Waals surface area contributed by atoms with Crippen LogP contribution in [0.5, 0.6) is 0 Å². The molecule has 0 radical (unpaired) electrons. The van der Waals surface area contributed by atoms with Gasteiger partial charge in [0.1, 0.15) is 0 Å². The van der Waals surface area contributed by atoms with Crippen molar-refractivity contribution < 1.29 is 0 Å². The molecule has 1 aromatic heterocycles. The zero-order valence-electron chi connectivity index (χ0n) is 11.6. The minimum atomic E-state index is -0.0198. The van der Waals surface area contributed by atoms with Gasteiger partial charge in [-0.2, -0.15) is 0 Å². The number of rotatable bonds is 2. The number of H-pyrrole nitrogens is 1. The summed E-state index contributed by atoms with van der Waals surface area (Å²) in [5, 5.41) is 3.06. The highest BCUT2D eigenvalue weighted by Crippen LogP contribution is 2.20. The molecule has 0 aliphatic rings. The normalized spacial score (nSPS) is 10.7. The summed E-state index contributed by atoms with van der Waals surface area (Å²) in [5.41, 5.74) is 4.70. The fourth-order valence-electron chi connectivity index (χ4n) is 2.43. The Bertz CT molecular complexity index is 746. The molecule has 3 rings (SSSR count). The van der Waals surface area contributed by atoms with E-state index >= 15 is 0 Å². The number of hydrogen-bond acceptors (Lipinski definition) is 1. The number of aromatic nitrogens is 2. The second kappa shape index (κ2) is 4.85. The van der Waals surface area contributed by atoms with Crippen molar-refractivity contribution in [3.05, 3.63) is 76.2 Å². The monoisotopic (exact) mass is 264 g/mol. The van der Waals surface area contributed by atoms with E-state index in [9.17, 15) is 4.79 Å². The van der Waals surface area contributed by atoms with Crippen LogP contribution in [-0.2, 0) is 0 Å². The van der Waals surface area contributed by atoms with E-state index in [2.05, 4.69) is 5.10 Å². The lowest BCUT2D eigenvalue weighted by atomic mass is 10.0. The standard InChI is InChI=1S/C17H16N2O/c1-12-7-3-5-9-14(12)15-11-18-19(17(15)20)16-10-6-4-8-13(16)2/h3-11,18H,1-2H3. The Balaban J connectivity index is 2.18. The van der Waals surface area contributed by atoms with Crippen molar-refractivity contribution in [2.75, 3.05) is 0 Å². The molecule has 3 aromatic rings. The van der Waals surface area contributed by atoms with Crippen LogP contribution in [0.3, 0.4) is 0 Å². The van der Waals surface area contributed by atoms with Gasteiger partial charge >= 0.3 is 0 Å². The van der Waals surface area contributed by atoms with Crippen LogP contribution in [0.2, 0.25) is 0 Å². The quantitative estimate of drug-likeness (QED) is 0.756. The second-order valence-electron chi connectivity index (χ2n) is 4.93. The summed E-state index contributed by atoms with van der Waals surface area (Å²) in [6.07, 6.45) is 1.77. The molecule has 0 saturated heterocycles. The lowest BCUT2D eigenvalue weighted by molar-refractivity contribution is 0.843. The maximum absolute atomic E-state index is 12.6. The van der Waals surface area contributed by atoms with E-state index in [-0.39, 0.29) is 5.56 Å². The summed E-state index contributed by atoms with van der Waals surface area (Å²) in [7, 11) is 0. The first-order chi connectivity index (χ1) is 9.68. The van der Waals surface area contributed by atoms with Crippen molar-refractivity contribution in [3.63, 3.8) is 0 Å². The SMILES string of the molecule is Cc1ccccc1-c1c[nH]n(-c2ccccc2C)c1=O. The molecule has 1 N–H and O–H groups in total. The minimum absolute atomic E-state index is 0.0198. The van der Waals surface area contributed by atoms with Gasteiger partial charge in [0.2, 0.25) is 0 Å². The van der Waals surface area contributed by atoms with E-state index in [0.717, 1.165) is 22.4 Å². The molecular formula is C17H16N2O. The van der Waals surface area contributed by atoms with Gasteiger partial charge < -0.3 is 0 Å². The Morgan fingerprint density at radius 3 is 2.20 bits per heavy atom. The third kappa shape index (κ3) is 1.97. The largest absolute Gasteiger partial charge is 0.298 e. The summed E-state index contributed by atoms with van der Waals surface area (Å²) < 4.78 is 1.59. The number of nitrogens with one attached hydrogen (secondary N) is 1.